The molecule has 0 spiro atoms. The minimum atomic E-state index is 0.642. The molecule has 0 aromatic heterocycles. The Hall–Kier alpha value is -0.820. The summed E-state index contributed by atoms with van der Waals surface area (Å²) in [7, 11) is 2.05. The molecule has 1 saturated carbocycles. The Bertz CT molecular complexity index is 326. The van der Waals surface area contributed by atoms with Crippen LogP contribution in [0.5, 0.6) is 0 Å². The van der Waals surface area contributed by atoms with E-state index in [1.807, 2.05) is 0 Å². The van der Waals surface area contributed by atoms with Gasteiger partial charge >= 0.3 is 0 Å². The molecule has 0 bridgehead atoms. The molecule has 1 aromatic carbocycles. The van der Waals surface area contributed by atoms with Crippen molar-refractivity contribution in [3.63, 3.8) is 0 Å². The lowest BCUT2D eigenvalue weighted by atomic mass is 9.70. The van der Waals surface area contributed by atoms with Crippen molar-refractivity contribution in [1.82, 2.24) is 5.32 Å². The van der Waals surface area contributed by atoms with Gasteiger partial charge in [0, 0.05) is 0 Å². The van der Waals surface area contributed by atoms with E-state index in [4.69, 9.17) is 0 Å². The van der Waals surface area contributed by atoms with Gasteiger partial charge in [0.15, 0.2) is 0 Å². The second-order valence-corrected chi connectivity index (χ2v) is 5.32. The quantitative estimate of drug-likeness (QED) is 0.813. The molecular weight excluding hydrogens is 194 g/mol. The Kier molecular flexibility index (Phi) is 3.65. The van der Waals surface area contributed by atoms with Gasteiger partial charge in [0.2, 0.25) is 0 Å². The molecule has 2 unspecified atom stereocenters. The standard InChI is InChI=1S/C15H23N/c1-11(2)12-4-6-13(7-5-12)15-9-8-14(15)10-16-3/h4-7,11,14-16H,8-10H2,1-3H3. The maximum atomic E-state index is 3.30. The summed E-state index contributed by atoms with van der Waals surface area (Å²) in [5.74, 6) is 2.30. The summed E-state index contributed by atoms with van der Waals surface area (Å²) < 4.78 is 0. The summed E-state index contributed by atoms with van der Waals surface area (Å²) in [4.78, 5) is 0. The number of benzene rings is 1. The van der Waals surface area contributed by atoms with E-state index in [2.05, 4.69) is 50.5 Å². The molecule has 1 aliphatic carbocycles. The predicted octanol–water partition coefficient (Wildman–Crippen LogP) is 3.52. The van der Waals surface area contributed by atoms with Gasteiger partial charge < -0.3 is 5.32 Å². The number of hydrogen-bond acceptors (Lipinski definition) is 1. The molecule has 0 amide bonds. The van der Waals surface area contributed by atoms with Crippen LogP contribution in [0.3, 0.4) is 0 Å². The van der Waals surface area contributed by atoms with Crippen LogP contribution in [0.4, 0.5) is 0 Å². The fourth-order valence-corrected chi connectivity index (χ4v) is 2.64. The van der Waals surface area contributed by atoms with Gasteiger partial charge in [-0.15, -0.1) is 0 Å². The zero-order valence-electron chi connectivity index (χ0n) is 10.7. The van der Waals surface area contributed by atoms with E-state index < -0.39 is 0 Å². The average Bonchev–Trinajstić information content (AvgIpc) is 2.25. The third-order valence-corrected chi connectivity index (χ3v) is 3.92. The van der Waals surface area contributed by atoms with Crippen LogP contribution < -0.4 is 5.32 Å². The average molecular weight is 217 g/mol. The smallest absolute Gasteiger partial charge is 0.00177 e. The number of rotatable bonds is 4. The van der Waals surface area contributed by atoms with Crippen molar-refractivity contribution in [2.24, 2.45) is 5.92 Å². The fourth-order valence-electron chi connectivity index (χ4n) is 2.64. The highest BCUT2D eigenvalue weighted by atomic mass is 14.8. The monoisotopic (exact) mass is 217 g/mol. The highest BCUT2D eigenvalue weighted by Gasteiger charge is 2.31. The van der Waals surface area contributed by atoms with E-state index in [0.29, 0.717) is 5.92 Å². The van der Waals surface area contributed by atoms with Crippen LogP contribution in [-0.4, -0.2) is 13.6 Å². The summed E-state index contributed by atoms with van der Waals surface area (Å²) in [5, 5.41) is 3.30. The summed E-state index contributed by atoms with van der Waals surface area (Å²) in [6.45, 7) is 5.67. The van der Waals surface area contributed by atoms with Gasteiger partial charge in [-0.25, -0.2) is 0 Å². The van der Waals surface area contributed by atoms with Gasteiger partial charge in [-0.05, 0) is 55.3 Å². The lowest BCUT2D eigenvalue weighted by Gasteiger charge is -2.37. The molecule has 1 heteroatoms. The van der Waals surface area contributed by atoms with Crippen molar-refractivity contribution >= 4 is 0 Å². The molecule has 0 heterocycles. The molecule has 1 nitrogen and oxygen atoms in total. The molecule has 0 radical (unpaired) electrons. The molecule has 1 aliphatic rings. The van der Waals surface area contributed by atoms with E-state index in [1.54, 1.807) is 0 Å². The first-order valence-corrected chi connectivity index (χ1v) is 6.47. The zero-order chi connectivity index (χ0) is 11.5. The first kappa shape index (κ1) is 11.7. The van der Waals surface area contributed by atoms with E-state index in [1.165, 1.54) is 24.0 Å². The van der Waals surface area contributed by atoms with Crippen LogP contribution in [0.2, 0.25) is 0 Å². The summed E-state index contributed by atoms with van der Waals surface area (Å²) in [6, 6.07) is 9.27. The lowest BCUT2D eigenvalue weighted by molar-refractivity contribution is 0.250. The van der Waals surface area contributed by atoms with Crippen molar-refractivity contribution in [1.29, 1.82) is 0 Å². The van der Waals surface area contributed by atoms with Crippen molar-refractivity contribution in [2.45, 2.75) is 38.5 Å². The van der Waals surface area contributed by atoms with Crippen LogP contribution in [-0.2, 0) is 0 Å². The fraction of sp³-hybridized carbons (Fsp3) is 0.600. The third-order valence-electron chi connectivity index (χ3n) is 3.92. The molecule has 1 fully saturated rings. The summed E-state index contributed by atoms with van der Waals surface area (Å²) >= 11 is 0. The lowest BCUT2D eigenvalue weighted by Crippen LogP contribution is -2.32. The van der Waals surface area contributed by atoms with Crippen molar-refractivity contribution in [3.05, 3.63) is 35.4 Å². The van der Waals surface area contributed by atoms with E-state index >= 15 is 0 Å². The Labute approximate surface area is 99.3 Å². The second kappa shape index (κ2) is 5.01. The van der Waals surface area contributed by atoms with E-state index in [9.17, 15) is 0 Å². The molecular formula is C15H23N. The van der Waals surface area contributed by atoms with Crippen LogP contribution in [0.25, 0.3) is 0 Å². The SMILES string of the molecule is CNCC1CCC1c1ccc(C(C)C)cc1. The largest absolute Gasteiger partial charge is 0.319 e. The molecule has 2 rings (SSSR count). The predicted molar refractivity (Wildman–Crippen MR) is 69.9 cm³/mol. The zero-order valence-corrected chi connectivity index (χ0v) is 10.7. The molecule has 1 aromatic rings. The van der Waals surface area contributed by atoms with Gasteiger partial charge in [-0.2, -0.15) is 0 Å². The maximum absolute atomic E-state index is 3.30. The first-order chi connectivity index (χ1) is 7.72. The Balaban J connectivity index is 2.04. The summed E-state index contributed by atoms with van der Waals surface area (Å²) in [6.07, 6.45) is 2.75. The molecule has 88 valence electrons. The summed E-state index contributed by atoms with van der Waals surface area (Å²) in [5.41, 5.74) is 2.99. The van der Waals surface area contributed by atoms with E-state index in [0.717, 1.165) is 18.4 Å². The highest BCUT2D eigenvalue weighted by molar-refractivity contribution is 5.29. The van der Waals surface area contributed by atoms with Crippen LogP contribution in [0.1, 0.15) is 49.7 Å². The third kappa shape index (κ3) is 2.30. The molecule has 2 atom stereocenters. The Morgan fingerprint density at radius 2 is 1.88 bits per heavy atom. The minimum absolute atomic E-state index is 0.642. The second-order valence-electron chi connectivity index (χ2n) is 5.32. The van der Waals surface area contributed by atoms with Gasteiger partial charge in [0.05, 0.1) is 0 Å². The Morgan fingerprint density at radius 1 is 1.19 bits per heavy atom. The van der Waals surface area contributed by atoms with Gasteiger partial charge in [-0.3, -0.25) is 0 Å². The minimum Gasteiger partial charge on any atom is -0.319 e. The van der Waals surface area contributed by atoms with Crippen molar-refractivity contribution < 1.29 is 0 Å². The van der Waals surface area contributed by atoms with Crippen LogP contribution in [0.15, 0.2) is 24.3 Å². The van der Waals surface area contributed by atoms with Gasteiger partial charge in [-0.1, -0.05) is 38.1 Å². The number of nitrogens with one attached hydrogen (secondary N) is 1. The number of hydrogen-bond donors (Lipinski definition) is 1. The van der Waals surface area contributed by atoms with Crippen molar-refractivity contribution in [3.8, 4) is 0 Å². The molecule has 1 N–H and O–H groups in total. The molecule has 0 aliphatic heterocycles. The highest BCUT2D eigenvalue weighted by Crippen LogP contribution is 2.42. The van der Waals surface area contributed by atoms with E-state index in [-0.39, 0.29) is 0 Å². The first-order valence-electron chi connectivity index (χ1n) is 6.47. The van der Waals surface area contributed by atoms with Gasteiger partial charge in [0.25, 0.3) is 0 Å². The Morgan fingerprint density at radius 3 is 2.31 bits per heavy atom. The molecule has 0 saturated heterocycles. The van der Waals surface area contributed by atoms with Crippen molar-refractivity contribution in [2.75, 3.05) is 13.6 Å². The topological polar surface area (TPSA) is 12.0 Å². The van der Waals surface area contributed by atoms with Crippen LogP contribution >= 0.6 is 0 Å². The maximum Gasteiger partial charge on any atom is -0.00177 e. The van der Waals surface area contributed by atoms with Gasteiger partial charge in [0.1, 0.15) is 0 Å². The van der Waals surface area contributed by atoms with Crippen LogP contribution in [0, 0.1) is 5.92 Å². The molecule has 16 heavy (non-hydrogen) atoms. The normalized spacial score (nSPS) is 24.5.